The second-order valence-corrected chi connectivity index (χ2v) is 7.92. The smallest absolute Gasteiger partial charge is 0.257 e. The molecule has 3 aromatic rings. The lowest BCUT2D eigenvalue weighted by Gasteiger charge is -2.35. The lowest BCUT2D eigenvalue weighted by molar-refractivity contribution is -0.0542. The Bertz CT molecular complexity index is 1110. The fraction of sp³-hybridized carbons (Fsp3) is 0.0909. The van der Waals surface area contributed by atoms with Gasteiger partial charge in [-0.2, -0.15) is 5.26 Å². The van der Waals surface area contributed by atoms with Crippen molar-refractivity contribution in [3.05, 3.63) is 104 Å². The monoisotopic (exact) mass is 452 g/mol. The summed E-state index contributed by atoms with van der Waals surface area (Å²) in [5.74, 6) is -0.266. The van der Waals surface area contributed by atoms with Gasteiger partial charge in [-0.15, -0.1) is 0 Å². The van der Waals surface area contributed by atoms with Crippen molar-refractivity contribution < 1.29 is 9.90 Å². The van der Waals surface area contributed by atoms with Crippen molar-refractivity contribution in [3.63, 3.8) is 0 Å². The quantitative estimate of drug-likeness (QED) is 0.618. The van der Waals surface area contributed by atoms with E-state index in [1.165, 1.54) is 4.90 Å². The Hall–Kier alpha value is -2.65. The minimum atomic E-state index is -1.62. The van der Waals surface area contributed by atoms with Gasteiger partial charge in [-0.05, 0) is 42.0 Å². The number of aliphatic hydroxyl groups is 1. The molecule has 1 aliphatic rings. The summed E-state index contributed by atoms with van der Waals surface area (Å²) in [5.41, 5.74) is 1.26. The first-order valence-electron chi connectivity index (χ1n) is 8.53. The van der Waals surface area contributed by atoms with Crippen molar-refractivity contribution in [2.24, 2.45) is 0 Å². The first-order chi connectivity index (χ1) is 13.4. The molecule has 6 heteroatoms. The lowest BCUT2D eigenvalue weighted by atomic mass is 9.93. The van der Waals surface area contributed by atoms with E-state index in [9.17, 15) is 9.90 Å². The molecule has 1 atom stereocenters. The molecule has 0 spiro atoms. The zero-order valence-corrected chi connectivity index (χ0v) is 16.9. The molecule has 138 valence electrons. The van der Waals surface area contributed by atoms with Crippen LogP contribution in [0.1, 0.15) is 32.6 Å². The maximum absolute atomic E-state index is 13.2. The predicted octanol–water partition coefficient (Wildman–Crippen LogP) is 4.82. The largest absolute Gasteiger partial charge is 0.363 e. The molecule has 1 amide bonds. The van der Waals surface area contributed by atoms with E-state index in [1.54, 1.807) is 66.7 Å². The van der Waals surface area contributed by atoms with Crippen molar-refractivity contribution in [2.45, 2.75) is 12.3 Å². The zero-order chi connectivity index (χ0) is 19.9. The van der Waals surface area contributed by atoms with Crippen molar-refractivity contribution in [2.75, 3.05) is 0 Å². The summed E-state index contributed by atoms with van der Waals surface area (Å²) in [4.78, 5) is 14.6. The summed E-state index contributed by atoms with van der Waals surface area (Å²) < 4.78 is 0.762. The molecule has 1 N–H and O–H groups in total. The van der Waals surface area contributed by atoms with Crippen LogP contribution >= 0.6 is 27.5 Å². The molecule has 0 saturated heterocycles. The molecule has 1 heterocycles. The Morgan fingerprint density at radius 2 is 1.75 bits per heavy atom. The van der Waals surface area contributed by atoms with Gasteiger partial charge in [-0.3, -0.25) is 9.69 Å². The first-order valence-corrected chi connectivity index (χ1v) is 9.70. The number of fused-ring (bicyclic) bond motifs is 1. The van der Waals surface area contributed by atoms with E-state index in [2.05, 4.69) is 22.0 Å². The standard InChI is InChI=1S/C22H14BrClN2O2/c23-17-7-10-20-19(11-17)21(27)26(13-15-3-1-14(12-25)2-4-15)22(20,28)16-5-8-18(24)9-6-16/h1-11,28H,13H2. The van der Waals surface area contributed by atoms with Crippen LogP contribution in [0.15, 0.2) is 71.2 Å². The van der Waals surface area contributed by atoms with Gasteiger partial charge in [0.25, 0.3) is 5.91 Å². The highest BCUT2D eigenvalue weighted by Crippen LogP contribution is 2.44. The van der Waals surface area contributed by atoms with Crippen LogP contribution in [0, 0.1) is 11.3 Å². The van der Waals surface area contributed by atoms with Gasteiger partial charge in [0.1, 0.15) is 0 Å². The number of halogens is 2. The van der Waals surface area contributed by atoms with Crippen molar-refractivity contribution >= 4 is 33.4 Å². The predicted molar refractivity (Wildman–Crippen MR) is 110 cm³/mol. The van der Waals surface area contributed by atoms with Gasteiger partial charge in [0, 0.05) is 32.7 Å². The molecule has 3 aromatic carbocycles. The summed E-state index contributed by atoms with van der Waals surface area (Å²) >= 11 is 9.41. The third-order valence-corrected chi connectivity index (χ3v) is 5.64. The van der Waals surface area contributed by atoms with Crippen LogP contribution < -0.4 is 0 Å². The molecule has 0 radical (unpaired) electrons. The number of hydrogen-bond acceptors (Lipinski definition) is 3. The molecule has 0 bridgehead atoms. The Balaban J connectivity index is 1.84. The van der Waals surface area contributed by atoms with Crippen LogP contribution in [0.5, 0.6) is 0 Å². The van der Waals surface area contributed by atoms with Crippen molar-refractivity contribution in [1.29, 1.82) is 5.26 Å². The number of rotatable bonds is 3. The summed E-state index contributed by atoms with van der Waals surface area (Å²) in [6, 6.07) is 21.1. The van der Waals surface area contributed by atoms with Gasteiger partial charge in [0.2, 0.25) is 0 Å². The number of amides is 1. The van der Waals surface area contributed by atoms with Crippen molar-refractivity contribution in [3.8, 4) is 6.07 Å². The Labute approximate surface area is 175 Å². The summed E-state index contributed by atoms with van der Waals surface area (Å²) in [6.45, 7) is 0.190. The number of carbonyl (C=O) groups is 1. The Kier molecular flexibility index (Phi) is 4.72. The van der Waals surface area contributed by atoms with Crippen LogP contribution in [-0.4, -0.2) is 15.9 Å². The average Bonchev–Trinajstić information content (AvgIpc) is 2.91. The second kappa shape index (κ2) is 7.06. The number of hydrogen-bond donors (Lipinski definition) is 1. The minimum absolute atomic E-state index is 0.190. The van der Waals surface area contributed by atoms with Crippen molar-refractivity contribution in [1.82, 2.24) is 4.90 Å². The number of benzene rings is 3. The van der Waals surface area contributed by atoms with E-state index in [0.717, 1.165) is 10.0 Å². The Morgan fingerprint density at radius 1 is 1.07 bits per heavy atom. The number of nitrogens with zero attached hydrogens (tertiary/aromatic N) is 2. The topological polar surface area (TPSA) is 64.3 Å². The van der Waals surface area contributed by atoms with E-state index in [1.807, 2.05) is 0 Å². The van der Waals surface area contributed by atoms with E-state index in [-0.39, 0.29) is 12.5 Å². The molecular weight excluding hydrogens is 440 g/mol. The fourth-order valence-electron chi connectivity index (χ4n) is 3.48. The van der Waals surface area contributed by atoms with Crippen LogP contribution in [0.2, 0.25) is 5.02 Å². The van der Waals surface area contributed by atoms with Crippen LogP contribution in [0.3, 0.4) is 0 Å². The lowest BCUT2D eigenvalue weighted by Crippen LogP contribution is -2.44. The van der Waals surface area contributed by atoms with E-state index in [0.29, 0.717) is 27.3 Å². The molecule has 1 unspecified atom stereocenters. The van der Waals surface area contributed by atoms with Gasteiger partial charge in [0.15, 0.2) is 5.72 Å². The maximum atomic E-state index is 13.2. The van der Waals surface area contributed by atoms with Crippen LogP contribution in [0.4, 0.5) is 0 Å². The number of nitriles is 1. The maximum Gasteiger partial charge on any atom is 0.257 e. The zero-order valence-electron chi connectivity index (χ0n) is 14.6. The summed E-state index contributed by atoms with van der Waals surface area (Å²) in [6.07, 6.45) is 0. The van der Waals surface area contributed by atoms with E-state index in [4.69, 9.17) is 16.9 Å². The van der Waals surface area contributed by atoms with Gasteiger partial charge >= 0.3 is 0 Å². The normalized spacial score (nSPS) is 18.1. The minimum Gasteiger partial charge on any atom is -0.363 e. The third kappa shape index (κ3) is 3.00. The molecule has 4 nitrogen and oxygen atoms in total. The van der Waals surface area contributed by atoms with E-state index >= 15 is 0 Å². The molecule has 1 aliphatic heterocycles. The van der Waals surface area contributed by atoms with Crippen LogP contribution in [-0.2, 0) is 12.3 Å². The average molecular weight is 454 g/mol. The summed E-state index contributed by atoms with van der Waals surface area (Å²) in [5, 5.41) is 21.3. The SMILES string of the molecule is N#Cc1ccc(CN2C(=O)c3cc(Br)ccc3C2(O)c2ccc(Cl)cc2)cc1. The number of carbonyl (C=O) groups excluding carboxylic acids is 1. The van der Waals surface area contributed by atoms with Gasteiger partial charge in [-0.1, -0.05) is 57.9 Å². The molecule has 0 aromatic heterocycles. The highest BCUT2D eigenvalue weighted by atomic mass is 79.9. The van der Waals surface area contributed by atoms with Crippen LogP contribution in [0.25, 0.3) is 0 Å². The molecule has 4 rings (SSSR count). The second-order valence-electron chi connectivity index (χ2n) is 6.57. The summed E-state index contributed by atoms with van der Waals surface area (Å²) in [7, 11) is 0. The van der Waals surface area contributed by atoms with Gasteiger partial charge in [0.05, 0.1) is 11.6 Å². The van der Waals surface area contributed by atoms with E-state index < -0.39 is 5.72 Å². The van der Waals surface area contributed by atoms with Gasteiger partial charge < -0.3 is 5.11 Å². The van der Waals surface area contributed by atoms with Gasteiger partial charge in [-0.25, -0.2) is 0 Å². The fourth-order valence-corrected chi connectivity index (χ4v) is 3.97. The molecule has 0 fully saturated rings. The third-order valence-electron chi connectivity index (χ3n) is 4.89. The first kappa shape index (κ1) is 18.7. The molecule has 28 heavy (non-hydrogen) atoms. The molecule has 0 aliphatic carbocycles. The Morgan fingerprint density at radius 3 is 2.39 bits per heavy atom. The molecular formula is C22H14BrClN2O2. The molecule has 0 saturated carbocycles. The highest BCUT2D eigenvalue weighted by molar-refractivity contribution is 9.10. The highest BCUT2D eigenvalue weighted by Gasteiger charge is 2.49.